The topological polar surface area (TPSA) is 49.4 Å². The molecule has 1 fully saturated rings. The molecule has 0 saturated carbocycles. The number of ketones is 1. The molecule has 1 radical (unpaired) electrons. The molecule has 0 aromatic heterocycles. The minimum atomic E-state index is -0.182. The average molecular weight is 205 g/mol. The van der Waals surface area contributed by atoms with Crippen molar-refractivity contribution in [2.75, 3.05) is 13.1 Å². The van der Waals surface area contributed by atoms with Gasteiger partial charge in [0.05, 0.1) is 5.70 Å². The van der Waals surface area contributed by atoms with Gasteiger partial charge in [-0.25, -0.2) is 4.79 Å². The lowest BCUT2D eigenvalue weighted by Crippen LogP contribution is -2.39. The van der Waals surface area contributed by atoms with Crippen LogP contribution in [0.1, 0.15) is 19.3 Å². The molecule has 79 valence electrons. The minimum Gasteiger partial charge on any atom is -0.325 e. The number of hydrogen-bond acceptors (Lipinski definition) is 2. The molecular formula is C11H13N2O2. The summed E-state index contributed by atoms with van der Waals surface area (Å²) in [4.78, 5) is 24.7. The van der Waals surface area contributed by atoms with E-state index in [1.165, 1.54) is 0 Å². The predicted octanol–water partition coefficient (Wildman–Crippen LogP) is 1.01. The first-order valence-electron chi connectivity index (χ1n) is 5.15. The van der Waals surface area contributed by atoms with E-state index in [9.17, 15) is 9.59 Å². The summed E-state index contributed by atoms with van der Waals surface area (Å²) in [6, 6.07) is -0.182. The summed E-state index contributed by atoms with van der Waals surface area (Å²) in [7, 11) is 0. The number of Topliss-reactive ketones (excluding diaryl/α,β-unsaturated/α-hetero) is 1. The fourth-order valence-corrected chi connectivity index (χ4v) is 1.70. The molecule has 1 saturated heterocycles. The Bertz CT molecular complexity index is 338. The van der Waals surface area contributed by atoms with E-state index in [2.05, 4.69) is 11.4 Å². The summed E-state index contributed by atoms with van der Waals surface area (Å²) in [6.45, 7) is 1.56. The van der Waals surface area contributed by atoms with Crippen molar-refractivity contribution in [3.63, 3.8) is 0 Å². The minimum absolute atomic E-state index is 0.0787. The second-order valence-electron chi connectivity index (χ2n) is 3.67. The van der Waals surface area contributed by atoms with Gasteiger partial charge in [0.2, 0.25) is 0 Å². The van der Waals surface area contributed by atoms with Crippen LogP contribution in [0.5, 0.6) is 0 Å². The van der Waals surface area contributed by atoms with Crippen LogP contribution in [-0.2, 0) is 4.79 Å². The highest BCUT2D eigenvalue weighted by molar-refractivity contribution is 5.99. The largest absolute Gasteiger partial charge is 0.325 e. The van der Waals surface area contributed by atoms with Crippen molar-refractivity contribution in [1.82, 2.24) is 10.2 Å². The van der Waals surface area contributed by atoms with Gasteiger partial charge in [-0.05, 0) is 12.8 Å². The van der Waals surface area contributed by atoms with Crippen LogP contribution in [0.4, 0.5) is 4.79 Å². The molecule has 4 heteroatoms. The number of allylic oxidation sites excluding steroid dienone is 4. The molecule has 1 aliphatic carbocycles. The third-order valence-corrected chi connectivity index (χ3v) is 2.55. The van der Waals surface area contributed by atoms with Crippen molar-refractivity contribution in [2.24, 2.45) is 0 Å². The number of carbonyl (C=O) groups excluding carboxylic acids is 2. The maximum Gasteiger partial charge on any atom is 0.321 e. The number of urea groups is 1. The summed E-state index contributed by atoms with van der Waals surface area (Å²) >= 11 is 0. The number of hydrogen-bond donors (Lipinski definition) is 1. The van der Waals surface area contributed by atoms with Crippen LogP contribution in [0.15, 0.2) is 17.8 Å². The number of likely N-dealkylation sites (tertiary alicyclic amines) is 1. The highest BCUT2D eigenvalue weighted by Crippen LogP contribution is 2.09. The zero-order valence-electron chi connectivity index (χ0n) is 8.45. The molecule has 4 nitrogen and oxygen atoms in total. The van der Waals surface area contributed by atoms with Gasteiger partial charge in [-0.1, -0.05) is 12.2 Å². The highest BCUT2D eigenvalue weighted by Gasteiger charge is 2.20. The zero-order valence-corrected chi connectivity index (χ0v) is 8.45. The third kappa shape index (κ3) is 2.26. The SMILES string of the molecule is O=C1CC=C[C]=C1NC(=O)N1CCCC1. The summed E-state index contributed by atoms with van der Waals surface area (Å²) in [5.41, 5.74) is 0.286. The zero-order chi connectivity index (χ0) is 10.7. The Morgan fingerprint density at radius 1 is 1.40 bits per heavy atom. The summed E-state index contributed by atoms with van der Waals surface area (Å²) < 4.78 is 0. The Morgan fingerprint density at radius 2 is 2.13 bits per heavy atom. The summed E-state index contributed by atoms with van der Waals surface area (Å²) in [6.07, 6.45) is 8.59. The fourth-order valence-electron chi connectivity index (χ4n) is 1.70. The molecule has 2 amide bonds. The van der Waals surface area contributed by atoms with Gasteiger partial charge in [-0.3, -0.25) is 4.79 Å². The second-order valence-corrected chi connectivity index (χ2v) is 3.67. The smallest absolute Gasteiger partial charge is 0.321 e. The molecule has 0 unspecified atom stereocenters. The van der Waals surface area contributed by atoms with Crippen LogP contribution >= 0.6 is 0 Å². The molecule has 1 aliphatic heterocycles. The van der Waals surface area contributed by atoms with Crippen LogP contribution < -0.4 is 5.32 Å². The first-order valence-corrected chi connectivity index (χ1v) is 5.15. The standard InChI is InChI=1S/C11H13N2O2/c14-10-6-2-1-5-9(10)12-11(15)13-7-3-4-8-13/h1-2H,3-4,6-8H2,(H,12,15). The van der Waals surface area contributed by atoms with Crippen LogP contribution in [0, 0.1) is 6.08 Å². The molecule has 1 N–H and O–H groups in total. The fraction of sp³-hybridized carbons (Fsp3) is 0.455. The lowest BCUT2D eigenvalue weighted by atomic mass is 10.1. The first-order chi connectivity index (χ1) is 7.27. The Morgan fingerprint density at radius 3 is 2.80 bits per heavy atom. The maximum atomic E-state index is 11.6. The Kier molecular flexibility index (Phi) is 2.85. The Hall–Kier alpha value is -1.58. The number of nitrogens with one attached hydrogen (secondary N) is 1. The molecule has 2 rings (SSSR count). The lowest BCUT2D eigenvalue weighted by molar-refractivity contribution is -0.115. The van der Waals surface area contributed by atoms with Crippen LogP contribution in [-0.4, -0.2) is 29.8 Å². The van der Waals surface area contributed by atoms with E-state index in [-0.39, 0.29) is 17.5 Å². The van der Waals surface area contributed by atoms with E-state index in [0.717, 1.165) is 25.9 Å². The molecule has 0 aromatic carbocycles. The van der Waals surface area contributed by atoms with Gasteiger partial charge >= 0.3 is 6.03 Å². The van der Waals surface area contributed by atoms with Crippen molar-refractivity contribution in [2.45, 2.75) is 19.3 Å². The molecule has 0 spiro atoms. The lowest BCUT2D eigenvalue weighted by Gasteiger charge is -2.17. The summed E-state index contributed by atoms with van der Waals surface area (Å²) in [5, 5.41) is 2.60. The normalized spacial score (nSPS) is 20.4. The quantitative estimate of drug-likeness (QED) is 0.694. The Labute approximate surface area is 88.6 Å². The van der Waals surface area contributed by atoms with E-state index >= 15 is 0 Å². The maximum absolute atomic E-state index is 11.6. The molecule has 2 aliphatic rings. The molecule has 15 heavy (non-hydrogen) atoms. The second kappa shape index (κ2) is 4.29. The first kappa shape index (κ1) is 9.96. The highest BCUT2D eigenvalue weighted by atomic mass is 16.2. The third-order valence-electron chi connectivity index (χ3n) is 2.55. The van der Waals surface area contributed by atoms with Crippen LogP contribution in [0.2, 0.25) is 0 Å². The molecule has 0 atom stereocenters. The van der Waals surface area contributed by atoms with Gasteiger partial charge in [0.25, 0.3) is 0 Å². The van der Waals surface area contributed by atoms with Crippen LogP contribution in [0.25, 0.3) is 0 Å². The molecule has 1 heterocycles. The van der Waals surface area contributed by atoms with E-state index in [1.807, 2.05) is 0 Å². The van der Waals surface area contributed by atoms with Crippen molar-refractivity contribution >= 4 is 11.8 Å². The van der Waals surface area contributed by atoms with Crippen molar-refractivity contribution < 1.29 is 9.59 Å². The Balaban J connectivity index is 1.95. The molecule has 0 bridgehead atoms. The van der Waals surface area contributed by atoms with Gasteiger partial charge < -0.3 is 10.2 Å². The number of rotatable bonds is 1. The number of nitrogens with zero attached hydrogens (tertiary/aromatic N) is 1. The van der Waals surface area contributed by atoms with Gasteiger partial charge in [0.1, 0.15) is 0 Å². The van der Waals surface area contributed by atoms with Crippen molar-refractivity contribution in [3.8, 4) is 0 Å². The molecular weight excluding hydrogens is 192 g/mol. The van der Waals surface area contributed by atoms with Gasteiger partial charge in [-0.15, -0.1) is 0 Å². The number of carbonyl (C=O) groups is 2. The molecule has 0 aromatic rings. The van der Waals surface area contributed by atoms with Gasteiger partial charge in [0, 0.05) is 25.6 Å². The van der Waals surface area contributed by atoms with Crippen molar-refractivity contribution in [3.05, 3.63) is 23.9 Å². The van der Waals surface area contributed by atoms with E-state index in [1.54, 1.807) is 17.1 Å². The summed E-state index contributed by atoms with van der Waals surface area (Å²) in [5.74, 6) is -0.0787. The van der Waals surface area contributed by atoms with E-state index in [0.29, 0.717) is 6.42 Å². The van der Waals surface area contributed by atoms with E-state index < -0.39 is 0 Å². The van der Waals surface area contributed by atoms with Gasteiger partial charge in [0.15, 0.2) is 5.78 Å². The monoisotopic (exact) mass is 205 g/mol. The van der Waals surface area contributed by atoms with Gasteiger partial charge in [-0.2, -0.15) is 0 Å². The van der Waals surface area contributed by atoms with E-state index in [4.69, 9.17) is 0 Å². The average Bonchev–Trinajstić information content (AvgIpc) is 2.74. The number of amides is 2. The predicted molar refractivity (Wildman–Crippen MR) is 54.9 cm³/mol. The van der Waals surface area contributed by atoms with Crippen molar-refractivity contribution in [1.29, 1.82) is 0 Å². The van der Waals surface area contributed by atoms with Crippen LogP contribution in [0.3, 0.4) is 0 Å².